The minimum absolute atomic E-state index is 0.113. The zero-order valence-corrected chi connectivity index (χ0v) is 10.7. The normalized spacial score (nSPS) is 19.9. The van der Waals surface area contributed by atoms with E-state index in [9.17, 15) is 4.39 Å². The molecule has 0 aromatic heterocycles. The van der Waals surface area contributed by atoms with Gasteiger partial charge in [0.15, 0.2) is 0 Å². The molecule has 1 unspecified atom stereocenters. The van der Waals surface area contributed by atoms with Crippen LogP contribution in [0.5, 0.6) is 0 Å². The maximum Gasteiger partial charge on any atom is 0.126 e. The average Bonchev–Trinajstić information content (AvgIpc) is 2.60. The maximum atomic E-state index is 13.2. The van der Waals surface area contributed by atoms with Gasteiger partial charge >= 0.3 is 0 Å². The van der Waals surface area contributed by atoms with E-state index < -0.39 is 0 Å². The minimum atomic E-state index is -0.113. The van der Waals surface area contributed by atoms with Crippen LogP contribution in [-0.2, 0) is 0 Å². The second-order valence-electron chi connectivity index (χ2n) is 4.82. The lowest BCUT2D eigenvalue weighted by Gasteiger charge is -2.27. The van der Waals surface area contributed by atoms with Crippen LogP contribution in [0, 0.1) is 12.7 Å². The van der Waals surface area contributed by atoms with Crippen molar-refractivity contribution in [3.05, 3.63) is 35.1 Å². The lowest BCUT2D eigenvalue weighted by molar-refractivity contribution is 0.225. The first-order valence-corrected chi connectivity index (χ1v) is 6.39. The van der Waals surface area contributed by atoms with Gasteiger partial charge in [0.25, 0.3) is 0 Å². The molecule has 2 rings (SSSR count). The van der Waals surface area contributed by atoms with Crippen LogP contribution >= 0.6 is 0 Å². The molecule has 0 aliphatic carbocycles. The molecule has 1 heterocycles. The van der Waals surface area contributed by atoms with Gasteiger partial charge in [0, 0.05) is 19.1 Å². The van der Waals surface area contributed by atoms with Gasteiger partial charge in [-0.05, 0) is 50.6 Å². The average molecular weight is 236 g/mol. The van der Waals surface area contributed by atoms with Crippen molar-refractivity contribution in [2.45, 2.75) is 26.3 Å². The number of halogens is 1. The SMILES string of the molecule is Cc1cc(C(C)N2CCCNCC2)ccc1F. The third-order valence-electron chi connectivity index (χ3n) is 3.59. The topological polar surface area (TPSA) is 15.3 Å². The molecule has 1 N–H and O–H groups in total. The molecule has 94 valence electrons. The van der Waals surface area contributed by atoms with Crippen LogP contribution in [0.25, 0.3) is 0 Å². The highest BCUT2D eigenvalue weighted by molar-refractivity contribution is 5.26. The zero-order valence-electron chi connectivity index (χ0n) is 10.7. The third-order valence-corrected chi connectivity index (χ3v) is 3.59. The number of nitrogens with zero attached hydrogens (tertiary/aromatic N) is 1. The molecule has 1 aliphatic rings. The highest BCUT2D eigenvalue weighted by Gasteiger charge is 2.17. The Kier molecular flexibility index (Phi) is 4.13. The molecular formula is C14H21FN2. The van der Waals surface area contributed by atoms with Crippen molar-refractivity contribution in [1.82, 2.24) is 10.2 Å². The monoisotopic (exact) mass is 236 g/mol. The van der Waals surface area contributed by atoms with Crippen molar-refractivity contribution in [1.29, 1.82) is 0 Å². The number of rotatable bonds is 2. The second kappa shape index (κ2) is 5.61. The Balaban J connectivity index is 2.11. The molecule has 0 bridgehead atoms. The van der Waals surface area contributed by atoms with Crippen LogP contribution in [0.3, 0.4) is 0 Å². The second-order valence-corrected chi connectivity index (χ2v) is 4.82. The Morgan fingerprint density at radius 2 is 2.12 bits per heavy atom. The molecule has 3 heteroatoms. The molecule has 0 amide bonds. The van der Waals surface area contributed by atoms with E-state index >= 15 is 0 Å². The molecule has 1 aromatic carbocycles. The summed E-state index contributed by atoms with van der Waals surface area (Å²) in [6, 6.07) is 5.83. The van der Waals surface area contributed by atoms with Gasteiger partial charge in [-0.2, -0.15) is 0 Å². The predicted octanol–water partition coefficient (Wildman–Crippen LogP) is 2.49. The van der Waals surface area contributed by atoms with Crippen molar-refractivity contribution < 1.29 is 4.39 Å². The van der Waals surface area contributed by atoms with E-state index in [1.807, 2.05) is 19.1 Å². The summed E-state index contributed by atoms with van der Waals surface area (Å²) < 4.78 is 13.2. The van der Waals surface area contributed by atoms with Crippen molar-refractivity contribution >= 4 is 0 Å². The van der Waals surface area contributed by atoms with Crippen LogP contribution in [-0.4, -0.2) is 31.1 Å². The van der Waals surface area contributed by atoms with Gasteiger partial charge in [0.2, 0.25) is 0 Å². The van der Waals surface area contributed by atoms with Crippen molar-refractivity contribution in [2.24, 2.45) is 0 Å². The van der Waals surface area contributed by atoms with Crippen molar-refractivity contribution in [2.75, 3.05) is 26.2 Å². The standard InChI is InChI=1S/C14H21FN2/c1-11-10-13(4-5-14(11)15)12(2)17-8-3-6-16-7-9-17/h4-5,10,12,16H,3,6-9H2,1-2H3. The summed E-state index contributed by atoms with van der Waals surface area (Å²) >= 11 is 0. The molecule has 0 spiro atoms. The Morgan fingerprint density at radius 1 is 1.29 bits per heavy atom. The van der Waals surface area contributed by atoms with E-state index in [4.69, 9.17) is 0 Å². The fourth-order valence-electron chi connectivity index (χ4n) is 2.39. The summed E-state index contributed by atoms with van der Waals surface area (Å²) in [6.07, 6.45) is 1.19. The molecule has 1 atom stereocenters. The summed E-state index contributed by atoms with van der Waals surface area (Å²) in [5, 5.41) is 3.40. The lowest BCUT2D eigenvalue weighted by Crippen LogP contribution is -2.30. The molecule has 2 nitrogen and oxygen atoms in total. The number of hydrogen-bond acceptors (Lipinski definition) is 2. The first kappa shape index (κ1) is 12.5. The number of aryl methyl sites for hydroxylation is 1. The molecule has 0 saturated carbocycles. The van der Waals surface area contributed by atoms with Gasteiger partial charge in [-0.1, -0.05) is 12.1 Å². The molecule has 1 aromatic rings. The largest absolute Gasteiger partial charge is 0.315 e. The van der Waals surface area contributed by atoms with E-state index in [-0.39, 0.29) is 5.82 Å². The Bertz CT molecular complexity index is 370. The Morgan fingerprint density at radius 3 is 2.88 bits per heavy atom. The van der Waals surface area contributed by atoms with Crippen molar-refractivity contribution in [3.8, 4) is 0 Å². The zero-order chi connectivity index (χ0) is 12.3. The molecular weight excluding hydrogens is 215 g/mol. The van der Waals surface area contributed by atoms with Gasteiger partial charge < -0.3 is 5.32 Å². The highest BCUT2D eigenvalue weighted by atomic mass is 19.1. The smallest absolute Gasteiger partial charge is 0.126 e. The first-order valence-electron chi connectivity index (χ1n) is 6.39. The van der Waals surface area contributed by atoms with E-state index in [2.05, 4.69) is 17.1 Å². The van der Waals surface area contributed by atoms with Crippen LogP contribution in [0.15, 0.2) is 18.2 Å². The Hall–Kier alpha value is -0.930. The van der Waals surface area contributed by atoms with Crippen LogP contribution in [0.2, 0.25) is 0 Å². The van der Waals surface area contributed by atoms with E-state index in [0.717, 1.165) is 31.7 Å². The fourth-order valence-corrected chi connectivity index (χ4v) is 2.39. The summed E-state index contributed by atoms with van der Waals surface area (Å²) in [4.78, 5) is 2.46. The minimum Gasteiger partial charge on any atom is -0.315 e. The summed E-state index contributed by atoms with van der Waals surface area (Å²) in [6.45, 7) is 8.37. The van der Waals surface area contributed by atoms with E-state index in [1.54, 1.807) is 6.07 Å². The highest BCUT2D eigenvalue weighted by Crippen LogP contribution is 2.22. The molecule has 1 fully saturated rings. The molecule has 0 radical (unpaired) electrons. The van der Waals surface area contributed by atoms with Gasteiger partial charge in [-0.3, -0.25) is 4.90 Å². The van der Waals surface area contributed by atoms with E-state index in [0.29, 0.717) is 6.04 Å². The van der Waals surface area contributed by atoms with Crippen LogP contribution in [0.1, 0.15) is 30.5 Å². The van der Waals surface area contributed by atoms with Gasteiger partial charge in [0.1, 0.15) is 5.82 Å². The number of nitrogens with one attached hydrogen (secondary N) is 1. The summed E-state index contributed by atoms with van der Waals surface area (Å²) in [5.74, 6) is -0.113. The summed E-state index contributed by atoms with van der Waals surface area (Å²) in [7, 11) is 0. The molecule has 1 saturated heterocycles. The fraction of sp³-hybridized carbons (Fsp3) is 0.571. The molecule has 17 heavy (non-hydrogen) atoms. The van der Waals surface area contributed by atoms with E-state index in [1.165, 1.54) is 12.0 Å². The Labute approximate surface area is 103 Å². The van der Waals surface area contributed by atoms with Gasteiger partial charge in [-0.25, -0.2) is 4.39 Å². The summed E-state index contributed by atoms with van der Waals surface area (Å²) in [5.41, 5.74) is 1.95. The maximum absolute atomic E-state index is 13.2. The van der Waals surface area contributed by atoms with Gasteiger partial charge in [-0.15, -0.1) is 0 Å². The third kappa shape index (κ3) is 3.05. The first-order chi connectivity index (χ1) is 8.18. The lowest BCUT2D eigenvalue weighted by atomic mass is 10.0. The molecule has 1 aliphatic heterocycles. The van der Waals surface area contributed by atoms with Crippen molar-refractivity contribution in [3.63, 3.8) is 0 Å². The van der Waals surface area contributed by atoms with Crippen LogP contribution < -0.4 is 5.32 Å². The predicted molar refractivity (Wildman–Crippen MR) is 68.6 cm³/mol. The number of hydrogen-bond donors (Lipinski definition) is 1. The van der Waals surface area contributed by atoms with Crippen LogP contribution in [0.4, 0.5) is 4.39 Å². The number of benzene rings is 1. The van der Waals surface area contributed by atoms with Gasteiger partial charge in [0.05, 0.1) is 0 Å². The quantitative estimate of drug-likeness (QED) is 0.848.